The molecule has 0 bridgehead atoms. The van der Waals surface area contributed by atoms with E-state index in [-0.39, 0.29) is 30.7 Å². The van der Waals surface area contributed by atoms with E-state index in [1.54, 1.807) is 0 Å². The molecule has 0 atom stereocenters. The Morgan fingerprint density at radius 1 is 1.28 bits per heavy atom. The summed E-state index contributed by atoms with van der Waals surface area (Å²) in [5.74, 6) is 0.136. The number of amides is 1. The average molecular weight is 300 g/mol. The Morgan fingerprint density at radius 2 is 1.78 bits per heavy atom. The van der Waals surface area contributed by atoms with Gasteiger partial charge < -0.3 is 11.1 Å². The van der Waals surface area contributed by atoms with Gasteiger partial charge in [0.15, 0.2) is 0 Å². The fourth-order valence-electron chi connectivity index (χ4n) is 1.95. The van der Waals surface area contributed by atoms with Crippen molar-refractivity contribution in [1.82, 2.24) is 10.2 Å². The summed E-state index contributed by atoms with van der Waals surface area (Å²) in [6, 6.07) is 1.09. The fourth-order valence-corrected chi connectivity index (χ4v) is 1.95. The third-order valence-corrected chi connectivity index (χ3v) is 3.41. The van der Waals surface area contributed by atoms with Crippen molar-refractivity contribution in [2.45, 2.75) is 57.7 Å². The maximum absolute atomic E-state index is 11.7. The zero-order valence-electron chi connectivity index (χ0n) is 11.5. The lowest BCUT2D eigenvalue weighted by molar-refractivity contribution is -0.123. The molecule has 1 rings (SSSR count). The summed E-state index contributed by atoms with van der Waals surface area (Å²) in [6.45, 7) is 4.67. The van der Waals surface area contributed by atoms with Crippen LogP contribution in [0, 0.1) is 0 Å². The minimum absolute atomic E-state index is 0. The Bertz CT molecular complexity index is 231. The van der Waals surface area contributed by atoms with Crippen molar-refractivity contribution < 1.29 is 4.79 Å². The van der Waals surface area contributed by atoms with Gasteiger partial charge in [0.1, 0.15) is 0 Å². The van der Waals surface area contributed by atoms with E-state index in [0.717, 1.165) is 25.7 Å². The number of nitrogens with one attached hydrogen (secondary N) is 1. The number of likely N-dealkylation sites (N-methyl/N-ethyl adjacent to an activating group) is 1. The van der Waals surface area contributed by atoms with Crippen LogP contribution in [0.1, 0.15) is 39.5 Å². The predicted octanol–water partition coefficient (Wildman–Crippen LogP) is 1.56. The van der Waals surface area contributed by atoms with E-state index >= 15 is 0 Å². The zero-order valence-corrected chi connectivity index (χ0v) is 13.1. The normalized spacial score (nSPS) is 23.2. The molecule has 6 heteroatoms. The van der Waals surface area contributed by atoms with Crippen molar-refractivity contribution in [2.75, 3.05) is 13.6 Å². The van der Waals surface area contributed by atoms with Crippen molar-refractivity contribution in [1.29, 1.82) is 0 Å². The lowest BCUT2D eigenvalue weighted by atomic mass is 9.92. The fraction of sp³-hybridized carbons (Fsp3) is 0.917. The summed E-state index contributed by atoms with van der Waals surface area (Å²) in [6.07, 6.45) is 4.12. The molecule has 1 aliphatic carbocycles. The Labute approximate surface area is 123 Å². The van der Waals surface area contributed by atoms with E-state index in [4.69, 9.17) is 5.73 Å². The second kappa shape index (κ2) is 9.84. The van der Waals surface area contributed by atoms with Crippen LogP contribution in [0.2, 0.25) is 0 Å². The third kappa shape index (κ3) is 7.41. The summed E-state index contributed by atoms with van der Waals surface area (Å²) in [7, 11) is 1.97. The topological polar surface area (TPSA) is 58.4 Å². The van der Waals surface area contributed by atoms with E-state index < -0.39 is 0 Å². The van der Waals surface area contributed by atoms with Crippen LogP contribution < -0.4 is 11.1 Å². The van der Waals surface area contributed by atoms with Crippen molar-refractivity contribution in [3.63, 3.8) is 0 Å². The molecule has 0 radical (unpaired) electrons. The number of carbonyl (C=O) groups excluding carboxylic acids is 1. The van der Waals surface area contributed by atoms with E-state index in [0.29, 0.717) is 24.7 Å². The molecule has 1 aliphatic rings. The molecule has 0 heterocycles. The molecule has 0 aromatic heterocycles. The van der Waals surface area contributed by atoms with E-state index in [1.165, 1.54) is 0 Å². The first-order valence-corrected chi connectivity index (χ1v) is 6.24. The summed E-state index contributed by atoms with van der Waals surface area (Å²) in [5.41, 5.74) is 5.83. The maximum atomic E-state index is 11.7. The number of rotatable bonds is 4. The smallest absolute Gasteiger partial charge is 0.234 e. The maximum Gasteiger partial charge on any atom is 0.234 e. The van der Waals surface area contributed by atoms with E-state index in [2.05, 4.69) is 19.2 Å². The minimum atomic E-state index is 0. The van der Waals surface area contributed by atoms with Gasteiger partial charge in [-0.05, 0) is 46.6 Å². The van der Waals surface area contributed by atoms with Crippen LogP contribution in [0.25, 0.3) is 0 Å². The van der Waals surface area contributed by atoms with Crippen molar-refractivity contribution in [3.05, 3.63) is 0 Å². The lowest BCUT2D eigenvalue weighted by Crippen LogP contribution is -2.45. The molecule has 0 aromatic carbocycles. The van der Waals surface area contributed by atoms with E-state index in [9.17, 15) is 4.79 Å². The van der Waals surface area contributed by atoms with Gasteiger partial charge in [0.05, 0.1) is 6.54 Å². The summed E-state index contributed by atoms with van der Waals surface area (Å²) in [5, 5.41) is 3.09. The molecular formula is C12H27Cl2N3O. The second-order valence-corrected chi connectivity index (χ2v) is 5.19. The van der Waals surface area contributed by atoms with Crippen LogP contribution in [0.5, 0.6) is 0 Å². The average Bonchev–Trinajstić information content (AvgIpc) is 2.21. The van der Waals surface area contributed by atoms with Gasteiger partial charge in [0.2, 0.25) is 5.91 Å². The first-order chi connectivity index (χ1) is 7.49. The van der Waals surface area contributed by atoms with Crippen LogP contribution in [-0.2, 0) is 4.79 Å². The summed E-state index contributed by atoms with van der Waals surface area (Å²) < 4.78 is 0. The Balaban J connectivity index is 0. The molecule has 0 spiro atoms. The number of nitrogens with zero attached hydrogens (tertiary/aromatic N) is 1. The van der Waals surface area contributed by atoms with Crippen molar-refractivity contribution in [3.8, 4) is 0 Å². The molecule has 1 amide bonds. The van der Waals surface area contributed by atoms with Crippen LogP contribution in [0.15, 0.2) is 0 Å². The zero-order chi connectivity index (χ0) is 12.1. The molecule has 0 aromatic rings. The number of halogens is 2. The molecule has 1 fully saturated rings. The van der Waals surface area contributed by atoms with Gasteiger partial charge in [0, 0.05) is 18.1 Å². The number of hydrogen-bond acceptors (Lipinski definition) is 3. The standard InChI is InChI=1S/C12H25N3O.2ClH/c1-9(2)15(3)8-12(16)14-11-6-4-10(13)5-7-11;;/h9-11H,4-8,13H2,1-3H3,(H,14,16);2*1H. The molecule has 18 heavy (non-hydrogen) atoms. The second-order valence-electron chi connectivity index (χ2n) is 5.19. The largest absolute Gasteiger partial charge is 0.352 e. The summed E-state index contributed by atoms with van der Waals surface area (Å²) >= 11 is 0. The highest BCUT2D eigenvalue weighted by Gasteiger charge is 2.20. The molecule has 0 aliphatic heterocycles. The molecule has 1 saturated carbocycles. The van der Waals surface area contributed by atoms with Crippen LogP contribution in [-0.4, -0.2) is 42.5 Å². The number of carbonyl (C=O) groups is 1. The van der Waals surface area contributed by atoms with Gasteiger partial charge in [-0.1, -0.05) is 0 Å². The SMILES string of the molecule is CC(C)N(C)CC(=O)NC1CCC(N)CC1.Cl.Cl. The first kappa shape index (κ1) is 20.3. The number of nitrogens with two attached hydrogens (primary N) is 1. The molecule has 110 valence electrons. The summed E-state index contributed by atoms with van der Waals surface area (Å²) in [4.78, 5) is 13.8. The lowest BCUT2D eigenvalue weighted by Gasteiger charge is -2.28. The third-order valence-electron chi connectivity index (χ3n) is 3.41. The van der Waals surface area contributed by atoms with Gasteiger partial charge in [0.25, 0.3) is 0 Å². The van der Waals surface area contributed by atoms with Crippen LogP contribution in [0.3, 0.4) is 0 Å². The highest BCUT2D eigenvalue weighted by Crippen LogP contribution is 2.16. The van der Waals surface area contributed by atoms with E-state index in [1.807, 2.05) is 11.9 Å². The first-order valence-electron chi connectivity index (χ1n) is 6.24. The van der Waals surface area contributed by atoms with Gasteiger partial charge >= 0.3 is 0 Å². The van der Waals surface area contributed by atoms with Crippen molar-refractivity contribution in [2.24, 2.45) is 5.73 Å². The van der Waals surface area contributed by atoms with Gasteiger partial charge in [-0.25, -0.2) is 0 Å². The molecule has 4 nitrogen and oxygen atoms in total. The van der Waals surface area contributed by atoms with Gasteiger partial charge in [-0.2, -0.15) is 0 Å². The molecule has 0 unspecified atom stereocenters. The van der Waals surface area contributed by atoms with Gasteiger partial charge in [-0.3, -0.25) is 9.69 Å². The Kier molecular flexibility index (Phi) is 11.1. The quantitative estimate of drug-likeness (QED) is 0.828. The Hall–Kier alpha value is -0.0300. The highest BCUT2D eigenvalue weighted by atomic mass is 35.5. The van der Waals surface area contributed by atoms with Crippen LogP contribution >= 0.6 is 24.8 Å². The molecule has 0 saturated heterocycles. The molecular weight excluding hydrogens is 273 g/mol. The number of hydrogen-bond donors (Lipinski definition) is 2. The Morgan fingerprint density at radius 3 is 2.22 bits per heavy atom. The van der Waals surface area contributed by atoms with Gasteiger partial charge in [-0.15, -0.1) is 24.8 Å². The van der Waals surface area contributed by atoms with Crippen LogP contribution in [0.4, 0.5) is 0 Å². The monoisotopic (exact) mass is 299 g/mol. The van der Waals surface area contributed by atoms with Crippen molar-refractivity contribution >= 4 is 30.7 Å². The highest BCUT2D eigenvalue weighted by molar-refractivity contribution is 5.85. The predicted molar refractivity (Wildman–Crippen MR) is 80.6 cm³/mol. The molecule has 3 N–H and O–H groups in total. The minimum Gasteiger partial charge on any atom is -0.352 e.